The average Bonchev–Trinajstić information content (AvgIpc) is 2.60. The van der Waals surface area contributed by atoms with Crippen LogP contribution in [0.15, 0.2) is 60.7 Å². The summed E-state index contributed by atoms with van der Waals surface area (Å²) in [4.78, 5) is 24.5. The summed E-state index contributed by atoms with van der Waals surface area (Å²) >= 11 is 1.45. The topological polar surface area (TPSA) is 43.4 Å². The van der Waals surface area contributed by atoms with Crippen LogP contribution < -0.4 is 0 Å². The van der Waals surface area contributed by atoms with Gasteiger partial charge in [-0.3, -0.25) is 9.59 Å². The molecule has 2 aromatic carbocycles. The minimum absolute atomic E-state index is 0.0378. The molecule has 0 aliphatic heterocycles. The van der Waals surface area contributed by atoms with Crippen LogP contribution in [0.2, 0.25) is 0 Å². The second-order valence-electron chi connectivity index (χ2n) is 5.03. The Morgan fingerprint density at radius 1 is 1.00 bits per heavy atom. The first-order valence-electron chi connectivity index (χ1n) is 7.61. The summed E-state index contributed by atoms with van der Waals surface area (Å²) in [6.07, 6.45) is 0.153. The molecule has 0 fully saturated rings. The summed E-state index contributed by atoms with van der Waals surface area (Å²) < 4.78 is 5.12. The van der Waals surface area contributed by atoms with E-state index in [1.807, 2.05) is 48.5 Å². The van der Waals surface area contributed by atoms with E-state index in [9.17, 15) is 9.59 Å². The molecule has 3 nitrogen and oxygen atoms in total. The van der Waals surface area contributed by atoms with Crippen LogP contribution in [0.5, 0.6) is 0 Å². The zero-order chi connectivity index (χ0) is 16.5. The molecule has 0 bridgehead atoms. The molecule has 2 aromatic rings. The quantitative estimate of drug-likeness (QED) is 0.540. The van der Waals surface area contributed by atoms with Gasteiger partial charge >= 0.3 is 5.97 Å². The molecule has 0 saturated heterocycles. The van der Waals surface area contributed by atoms with E-state index in [0.717, 1.165) is 5.56 Å². The predicted octanol–water partition coefficient (Wildman–Crippen LogP) is 4.12. The summed E-state index contributed by atoms with van der Waals surface area (Å²) in [5.41, 5.74) is 1.75. The van der Waals surface area contributed by atoms with Crippen LogP contribution in [0.25, 0.3) is 0 Å². The van der Waals surface area contributed by atoms with Crippen molar-refractivity contribution in [2.75, 3.05) is 6.61 Å². The molecule has 0 heterocycles. The zero-order valence-electron chi connectivity index (χ0n) is 13.1. The molecule has 1 atom stereocenters. The summed E-state index contributed by atoms with van der Waals surface area (Å²) in [7, 11) is 0. The molecule has 0 amide bonds. The summed E-state index contributed by atoms with van der Waals surface area (Å²) in [6.45, 7) is 2.09. The first kappa shape index (κ1) is 17.3. The number of carbonyl (C=O) groups excluding carboxylic acids is 2. The van der Waals surface area contributed by atoms with Crippen molar-refractivity contribution in [2.45, 2.75) is 24.3 Å². The fourth-order valence-electron chi connectivity index (χ4n) is 2.13. The van der Waals surface area contributed by atoms with Gasteiger partial charge in [0.1, 0.15) is 5.25 Å². The number of hydrogen-bond acceptors (Lipinski definition) is 4. The second kappa shape index (κ2) is 9.16. The van der Waals surface area contributed by atoms with Crippen LogP contribution in [0.4, 0.5) is 0 Å². The van der Waals surface area contributed by atoms with Crippen LogP contribution in [0.3, 0.4) is 0 Å². The Labute approximate surface area is 141 Å². The predicted molar refractivity (Wildman–Crippen MR) is 93.5 cm³/mol. The number of Topliss-reactive ketones (excluding diaryl/α,β-unsaturated/α-hetero) is 1. The SMILES string of the molecule is CCOC(=O)C(CC(=O)c1ccccc1)SCc1ccccc1. The maximum atomic E-state index is 12.4. The van der Waals surface area contributed by atoms with Crippen molar-refractivity contribution in [2.24, 2.45) is 0 Å². The van der Waals surface area contributed by atoms with Gasteiger partial charge in [-0.25, -0.2) is 0 Å². The number of thioether (sulfide) groups is 1. The Kier molecular flexibility index (Phi) is 6.88. The van der Waals surface area contributed by atoms with Gasteiger partial charge in [0.15, 0.2) is 5.78 Å². The number of benzene rings is 2. The molecule has 0 N–H and O–H groups in total. The van der Waals surface area contributed by atoms with Gasteiger partial charge in [-0.05, 0) is 12.5 Å². The zero-order valence-corrected chi connectivity index (χ0v) is 13.9. The molecule has 2 rings (SSSR count). The lowest BCUT2D eigenvalue weighted by Crippen LogP contribution is -2.24. The Morgan fingerprint density at radius 3 is 2.22 bits per heavy atom. The Balaban J connectivity index is 2.02. The fraction of sp³-hybridized carbons (Fsp3) is 0.263. The molecule has 0 spiro atoms. The third-order valence-electron chi connectivity index (χ3n) is 3.31. The smallest absolute Gasteiger partial charge is 0.319 e. The van der Waals surface area contributed by atoms with Crippen molar-refractivity contribution in [1.29, 1.82) is 0 Å². The summed E-state index contributed by atoms with van der Waals surface area (Å²) in [5.74, 6) is 0.314. The fourth-order valence-corrected chi connectivity index (χ4v) is 3.19. The molecule has 0 aliphatic rings. The number of esters is 1. The van der Waals surface area contributed by atoms with Crippen molar-refractivity contribution < 1.29 is 14.3 Å². The second-order valence-corrected chi connectivity index (χ2v) is 6.22. The van der Waals surface area contributed by atoms with Crippen molar-refractivity contribution in [3.05, 3.63) is 71.8 Å². The van der Waals surface area contributed by atoms with E-state index >= 15 is 0 Å². The van der Waals surface area contributed by atoms with E-state index in [4.69, 9.17) is 4.74 Å². The highest BCUT2D eigenvalue weighted by atomic mass is 32.2. The van der Waals surface area contributed by atoms with Crippen molar-refractivity contribution in [1.82, 2.24) is 0 Å². The van der Waals surface area contributed by atoms with E-state index in [0.29, 0.717) is 17.9 Å². The van der Waals surface area contributed by atoms with Gasteiger partial charge in [0.25, 0.3) is 0 Å². The van der Waals surface area contributed by atoms with E-state index in [1.165, 1.54) is 11.8 Å². The maximum absolute atomic E-state index is 12.4. The van der Waals surface area contributed by atoms with Crippen molar-refractivity contribution in [3.8, 4) is 0 Å². The highest BCUT2D eigenvalue weighted by molar-refractivity contribution is 7.99. The van der Waals surface area contributed by atoms with Crippen LogP contribution >= 0.6 is 11.8 Å². The van der Waals surface area contributed by atoms with Gasteiger partial charge < -0.3 is 4.74 Å². The number of hydrogen-bond donors (Lipinski definition) is 0. The molecule has 0 aliphatic carbocycles. The molecule has 0 saturated carbocycles. The minimum Gasteiger partial charge on any atom is -0.465 e. The van der Waals surface area contributed by atoms with Crippen LogP contribution in [-0.4, -0.2) is 23.6 Å². The van der Waals surface area contributed by atoms with Crippen LogP contribution in [0, 0.1) is 0 Å². The van der Waals surface area contributed by atoms with E-state index in [2.05, 4.69) is 0 Å². The Morgan fingerprint density at radius 2 is 1.61 bits per heavy atom. The molecular formula is C19H20O3S. The normalized spacial score (nSPS) is 11.7. The lowest BCUT2D eigenvalue weighted by molar-refractivity contribution is -0.142. The number of carbonyl (C=O) groups is 2. The van der Waals surface area contributed by atoms with Gasteiger partial charge in [-0.15, -0.1) is 11.8 Å². The molecule has 4 heteroatoms. The molecular weight excluding hydrogens is 308 g/mol. The number of ketones is 1. The Hall–Kier alpha value is -2.07. The summed E-state index contributed by atoms with van der Waals surface area (Å²) in [5, 5.41) is -0.483. The molecule has 0 aromatic heterocycles. The van der Waals surface area contributed by atoms with Crippen LogP contribution in [0.1, 0.15) is 29.3 Å². The lowest BCUT2D eigenvalue weighted by Gasteiger charge is -2.14. The monoisotopic (exact) mass is 328 g/mol. The Bertz CT molecular complexity index is 626. The molecule has 120 valence electrons. The van der Waals surface area contributed by atoms with Gasteiger partial charge in [0.2, 0.25) is 0 Å². The maximum Gasteiger partial charge on any atom is 0.319 e. The largest absolute Gasteiger partial charge is 0.465 e. The number of rotatable bonds is 8. The van der Waals surface area contributed by atoms with Gasteiger partial charge in [-0.2, -0.15) is 0 Å². The first-order chi connectivity index (χ1) is 11.2. The van der Waals surface area contributed by atoms with Gasteiger partial charge in [0, 0.05) is 17.7 Å². The third kappa shape index (κ3) is 5.57. The standard InChI is InChI=1S/C19H20O3S/c1-2-22-19(21)18(23-14-15-9-5-3-6-10-15)13-17(20)16-11-7-4-8-12-16/h3-12,18H,2,13-14H2,1H3. The minimum atomic E-state index is -0.483. The molecule has 23 heavy (non-hydrogen) atoms. The van der Waals surface area contributed by atoms with Crippen LogP contribution in [-0.2, 0) is 15.3 Å². The molecule has 0 radical (unpaired) electrons. The van der Waals surface area contributed by atoms with E-state index in [1.54, 1.807) is 19.1 Å². The average molecular weight is 328 g/mol. The first-order valence-corrected chi connectivity index (χ1v) is 8.66. The summed E-state index contributed by atoms with van der Waals surface area (Å²) in [6, 6.07) is 18.9. The number of ether oxygens (including phenoxy) is 1. The van der Waals surface area contributed by atoms with Crippen molar-refractivity contribution >= 4 is 23.5 Å². The lowest BCUT2D eigenvalue weighted by atomic mass is 10.1. The van der Waals surface area contributed by atoms with E-state index < -0.39 is 5.25 Å². The van der Waals surface area contributed by atoms with Gasteiger partial charge in [0.05, 0.1) is 6.61 Å². The third-order valence-corrected chi connectivity index (χ3v) is 4.57. The van der Waals surface area contributed by atoms with Gasteiger partial charge in [-0.1, -0.05) is 60.7 Å². The van der Waals surface area contributed by atoms with Crippen molar-refractivity contribution in [3.63, 3.8) is 0 Å². The highest BCUT2D eigenvalue weighted by Crippen LogP contribution is 2.23. The molecule has 1 unspecified atom stereocenters. The van der Waals surface area contributed by atoms with E-state index in [-0.39, 0.29) is 18.2 Å². The highest BCUT2D eigenvalue weighted by Gasteiger charge is 2.24.